The number of nitrogens with zero attached hydrogens (tertiary/aromatic N) is 1. The van der Waals surface area contributed by atoms with Crippen molar-refractivity contribution in [1.82, 2.24) is 0 Å². The van der Waals surface area contributed by atoms with Crippen molar-refractivity contribution < 1.29 is 9.59 Å². The number of halogens is 3. The Balaban J connectivity index is 2.33. The van der Waals surface area contributed by atoms with Crippen LogP contribution in [0.25, 0.3) is 10.8 Å². The third-order valence-electron chi connectivity index (χ3n) is 3.35. The normalized spacial score (nSPS) is 15.5. The van der Waals surface area contributed by atoms with Crippen molar-refractivity contribution in [1.29, 1.82) is 0 Å². The van der Waals surface area contributed by atoms with Crippen LogP contribution in [0.2, 0.25) is 5.02 Å². The number of amides is 2. The van der Waals surface area contributed by atoms with Crippen LogP contribution >= 0.6 is 34.8 Å². The molecule has 0 atom stereocenters. The fourth-order valence-electron chi connectivity index (χ4n) is 2.42. The van der Waals surface area contributed by atoms with Crippen LogP contribution in [0.1, 0.15) is 5.56 Å². The molecule has 0 N–H and O–H groups in total. The number of anilines is 1. The van der Waals surface area contributed by atoms with E-state index in [1.54, 1.807) is 19.1 Å². The number of carbonyl (C=O) groups is 2. The maximum atomic E-state index is 12.2. The van der Waals surface area contributed by atoms with Crippen LogP contribution < -0.4 is 4.90 Å². The molecule has 0 aliphatic carbocycles. The summed E-state index contributed by atoms with van der Waals surface area (Å²) in [4.78, 5) is 25.4. The summed E-state index contributed by atoms with van der Waals surface area (Å²) in [5.74, 6) is -1.25. The molecule has 3 rings (SSSR count). The molecule has 106 valence electrons. The van der Waals surface area contributed by atoms with Gasteiger partial charge in [0, 0.05) is 15.8 Å². The molecule has 0 aromatic heterocycles. The summed E-state index contributed by atoms with van der Waals surface area (Å²) in [6.07, 6.45) is 0. The van der Waals surface area contributed by atoms with Crippen molar-refractivity contribution in [3.05, 3.63) is 51.0 Å². The van der Waals surface area contributed by atoms with Crippen LogP contribution in [0, 0.1) is 6.92 Å². The average molecular weight is 341 g/mol. The number of fused-ring (bicyclic) bond motifs is 1. The predicted molar refractivity (Wildman–Crippen MR) is 84.9 cm³/mol. The highest BCUT2D eigenvalue weighted by Gasteiger charge is 2.39. The molecule has 0 saturated heterocycles. The van der Waals surface area contributed by atoms with Gasteiger partial charge in [0.25, 0.3) is 11.8 Å². The van der Waals surface area contributed by atoms with Crippen molar-refractivity contribution in [3.63, 3.8) is 0 Å². The second-order valence-electron chi connectivity index (χ2n) is 4.64. The molecule has 0 radical (unpaired) electrons. The summed E-state index contributed by atoms with van der Waals surface area (Å²) in [7, 11) is 0. The Hall–Kier alpha value is -1.55. The Bertz CT molecular complexity index is 818. The molecule has 0 bridgehead atoms. The SMILES string of the molecule is Cc1cc(Cl)c2ccccc2c1N1C(=O)C(Cl)=C(Cl)C1=O. The van der Waals surface area contributed by atoms with E-state index in [9.17, 15) is 9.59 Å². The van der Waals surface area contributed by atoms with E-state index in [0.29, 0.717) is 21.7 Å². The van der Waals surface area contributed by atoms with Gasteiger partial charge in [0.05, 0.1) is 5.69 Å². The van der Waals surface area contributed by atoms with E-state index in [0.717, 1.165) is 10.3 Å². The van der Waals surface area contributed by atoms with Gasteiger partial charge in [-0.3, -0.25) is 9.59 Å². The third-order valence-corrected chi connectivity index (χ3v) is 4.47. The van der Waals surface area contributed by atoms with E-state index in [2.05, 4.69) is 0 Å². The number of benzene rings is 2. The fraction of sp³-hybridized carbons (Fsp3) is 0.0667. The highest BCUT2D eigenvalue weighted by molar-refractivity contribution is 6.62. The monoisotopic (exact) mass is 339 g/mol. The van der Waals surface area contributed by atoms with Gasteiger partial charge in [-0.15, -0.1) is 0 Å². The predicted octanol–water partition coefficient (Wildman–Crippen LogP) is 4.36. The summed E-state index contributed by atoms with van der Waals surface area (Å²) >= 11 is 17.8. The topological polar surface area (TPSA) is 37.4 Å². The fourth-order valence-corrected chi connectivity index (χ4v) is 3.08. The van der Waals surface area contributed by atoms with Crippen LogP contribution in [-0.4, -0.2) is 11.8 Å². The van der Waals surface area contributed by atoms with Gasteiger partial charge in [0.15, 0.2) is 0 Å². The second kappa shape index (κ2) is 5.02. The van der Waals surface area contributed by atoms with Crippen LogP contribution in [0.5, 0.6) is 0 Å². The molecule has 1 aliphatic heterocycles. The summed E-state index contributed by atoms with van der Waals surface area (Å²) in [5.41, 5.74) is 1.15. The molecule has 1 heterocycles. The minimum atomic E-state index is -0.623. The molecule has 1 aliphatic rings. The third kappa shape index (κ3) is 2.04. The Morgan fingerprint density at radius 3 is 2.00 bits per heavy atom. The van der Waals surface area contributed by atoms with E-state index in [1.807, 2.05) is 18.2 Å². The lowest BCUT2D eigenvalue weighted by Gasteiger charge is -2.20. The zero-order valence-corrected chi connectivity index (χ0v) is 13.1. The van der Waals surface area contributed by atoms with Crippen molar-refractivity contribution in [2.24, 2.45) is 0 Å². The summed E-state index contributed by atoms with van der Waals surface area (Å²) in [6.45, 7) is 1.77. The van der Waals surface area contributed by atoms with Crippen LogP contribution in [0.4, 0.5) is 5.69 Å². The quantitative estimate of drug-likeness (QED) is 0.723. The van der Waals surface area contributed by atoms with Gasteiger partial charge in [0.2, 0.25) is 0 Å². The van der Waals surface area contributed by atoms with Gasteiger partial charge in [0.1, 0.15) is 10.1 Å². The first-order valence-corrected chi connectivity index (χ1v) is 7.18. The Labute approximate surface area is 135 Å². The molecule has 2 aromatic rings. The maximum absolute atomic E-state index is 12.2. The molecule has 0 fully saturated rings. The number of rotatable bonds is 1. The molecular weight excluding hydrogens is 333 g/mol. The lowest BCUT2D eigenvalue weighted by atomic mass is 10.0. The first-order chi connectivity index (χ1) is 9.93. The number of imide groups is 1. The smallest absolute Gasteiger partial charge is 0.267 e. The van der Waals surface area contributed by atoms with Gasteiger partial charge in [-0.05, 0) is 18.6 Å². The Morgan fingerprint density at radius 2 is 1.43 bits per heavy atom. The Morgan fingerprint density at radius 1 is 0.905 bits per heavy atom. The summed E-state index contributed by atoms with van der Waals surface area (Å²) < 4.78 is 0. The molecule has 3 nitrogen and oxygen atoms in total. The maximum Gasteiger partial charge on any atom is 0.278 e. The number of hydrogen-bond donors (Lipinski definition) is 0. The van der Waals surface area contributed by atoms with E-state index >= 15 is 0 Å². The standard InChI is InChI=1S/C15H8Cl3NO2/c1-7-6-10(16)8-4-2-3-5-9(8)13(7)19-14(20)11(17)12(18)15(19)21/h2-6H,1H3. The van der Waals surface area contributed by atoms with Crippen molar-refractivity contribution >= 4 is 63.1 Å². The van der Waals surface area contributed by atoms with E-state index in [-0.39, 0.29) is 10.1 Å². The molecule has 2 aromatic carbocycles. The van der Waals surface area contributed by atoms with Gasteiger partial charge in [-0.1, -0.05) is 59.1 Å². The highest BCUT2D eigenvalue weighted by Crippen LogP contribution is 2.39. The number of carbonyl (C=O) groups excluding carboxylic acids is 2. The summed E-state index contributed by atoms with van der Waals surface area (Å²) in [6, 6.07) is 8.97. The summed E-state index contributed by atoms with van der Waals surface area (Å²) in [5, 5.41) is 1.47. The van der Waals surface area contributed by atoms with Crippen molar-refractivity contribution in [2.45, 2.75) is 6.92 Å². The van der Waals surface area contributed by atoms with Crippen LogP contribution in [-0.2, 0) is 9.59 Å². The number of hydrogen-bond acceptors (Lipinski definition) is 2. The second-order valence-corrected chi connectivity index (χ2v) is 5.81. The molecule has 0 saturated carbocycles. The first kappa shape index (κ1) is 14.4. The highest BCUT2D eigenvalue weighted by atomic mass is 35.5. The van der Waals surface area contributed by atoms with E-state index in [1.165, 1.54) is 0 Å². The van der Waals surface area contributed by atoms with Gasteiger partial charge < -0.3 is 0 Å². The minimum absolute atomic E-state index is 0.264. The molecule has 0 spiro atoms. The van der Waals surface area contributed by atoms with Crippen LogP contribution in [0.3, 0.4) is 0 Å². The first-order valence-electron chi connectivity index (χ1n) is 6.05. The lowest BCUT2D eigenvalue weighted by molar-refractivity contribution is -0.120. The Kier molecular flexibility index (Phi) is 3.44. The molecule has 21 heavy (non-hydrogen) atoms. The molecule has 6 heteroatoms. The largest absolute Gasteiger partial charge is 0.278 e. The molecule has 2 amide bonds. The molecule has 0 unspecified atom stereocenters. The van der Waals surface area contributed by atoms with Gasteiger partial charge in [-0.2, -0.15) is 0 Å². The van der Waals surface area contributed by atoms with Crippen LogP contribution in [0.15, 0.2) is 40.4 Å². The van der Waals surface area contributed by atoms with E-state index in [4.69, 9.17) is 34.8 Å². The van der Waals surface area contributed by atoms with E-state index < -0.39 is 11.8 Å². The lowest BCUT2D eigenvalue weighted by Crippen LogP contribution is -2.31. The zero-order valence-electron chi connectivity index (χ0n) is 10.8. The van der Waals surface area contributed by atoms with Crippen molar-refractivity contribution in [2.75, 3.05) is 4.90 Å². The zero-order chi connectivity index (χ0) is 15.3. The average Bonchev–Trinajstić information content (AvgIpc) is 2.65. The van der Waals surface area contributed by atoms with Gasteiger partial charge >= 0.3 is 0 Å². The molecular formula is C15H8Cl3NO2. The minimum Gasteiger partial charge on any atom is -0.267 e. The van der Waals surface area contributed by atoms with Gasteiger partial charge in [-0.25, -0.2) is 4.90 Å². The number of aryl methyl sites for hydroxylation is 1. The van der Waals surface area contributed by atoms with Crippen molar-refractivity contribution in [3.8, 4) is 0 Å².